The normalized spacial score (nSPS) is 14.7. The maximum atomic E-state index is 12.5. The van der Waals surface area contributed by atoms with Crippen molar-refractivity contribution in [2.24, 2.45) is 0 Å². The third-order valence-corrected chi connectivity index (χ3v) is 4.59. The van der Waals surface area contributed by atoms with Crippen molar-refractivity contribution in [3.05, 3.63) is 66.1 Å². The first-order chi connectivity index (χ1) is 12.7. The number of rotatable bonds is 6. The van der Waals surface area contributed by atoms with Crippen LogP contribution in [0.2, 0.25) is 0 Å². The zero-order valence-electron chi connectivity index (χ0n) is 14.3. The number of benzene rings is 2. The Morgan fingerprint density at radius 1 is 1.15 bits per heavy atom. The van der Waals surface area contributed by atoms with Crippen LogP contribution in [0.4, 0.5) is 0 Å². The zero-order chi connectivity index (χ0) is 18.0. The van der Waals surface area contributed by atoms with Crippen molar-refractivity contribution in [3.63, 3.8) is 0 Å². The molecule has 0 spiro atoms. The van der Waals surface area contributed by atoms with E-state index >= 15 is 0 Å². The molecule has 0 saturated heterocycles. The number of nitrogens with zero attached hydrogens (tertiary/aromatic N) is 2. The van der Waals surface area contributed by atoms with Crippen LogP contribution >= 0.6 is 0 Å². The molecule has 0 amide bonds. The summed E-state index contributed by atoms with van der Waals surface area (Å²) < 4.78 is 15.8. The minimum atomic E-state index is -0.517. The van der Waals surface area contributed by atoms with Gasteiger partial charge in [-0.1, -0.05) is 47.6 Å². The van der Waals surface area contributed by atoms with Crippen LogP contribution in [0.25, 0.3) is 11.4 Å². The largest absolute Gasteiger partial charge is 0.497 e. The first-order valence-electron chi connectivity index (χ1n) is 8.41. The third kappa shape index (κ3) is 3.06. The highest BCUT2D eigenvalue weighted by atomic mass is 16.6. The van der Waals surface area contributed by atoms with E-state index in [9.17, 15) is 4.79 Å². The Bertz CT molecular complexity index is 916. The first-order valence-corrected chi connectivity index (χ1v) is 8.41. The van der Waals surface area contributed by atoms with Crippen molar-refractivity contribution in [2.75, 3.05) is 7.11 Å². The van der Waals surface area contributed by atoms with Crippen LogP contribution in [-0.2, 0) is 21.6 Å². The lowest BCUT2D eigenvalue weighted by Gasteiger charge is -2.13. The van der Waals surface area contributed by atoms with Crippen molar-refractivity contribution in [3.8, 4) is 17.1 Å². The van der Waals surface area contributed by atoms with E-state index in [2.05, 4.69) is 10.1 Å². The quantitative estimate of drug-likeness (QED) is 0.633. The molecule has 2 aromatic carbocycles. The van der Waals surface area contributed by atoms with Gasteiger partial charge < -0.3 is 14.0 Å². The summed E-state index contributed by atoms with van der Waals surface area (Å²) in [6, 6.07) is 17.1. The zero-order valence-corrected chi connectivity index (χ0v) is 14.3. The fraction of sp³-hybridized carbons (Fsp3) is 0.250. The molecule has 1 saturated carbocycles. The second-order valence-electron chi connectivity index (χ2n) is 6.27. The SMILES string of the molecule is COc1cccc(-c2noc(COC(=O)C3(c4ccccc4)CC3)n2)c1. The number of hydrogen-bond donors (Lipinski definition) is 0. The Morgan fingerprint density at radius 2 is 1.96 bits per heavy atom. The number of carbonyl (C=O) groups excluding carboxylic acids is 1. The number of ether oxygens (including phenoxy) is 2. The second kappa shape index (κ2) is 6.63. The molecule has 26 heavy (non-hydrogen) atoms. The Kier molecular flexibility index (Phi) is 4.16. The van der Waals surface area contributed by atoms with Crippen LogP contribution in [0.3, 0.4) is 0 Å². The Morgan fingerprint density at radius 3 is 2.69 bits per heavy atom. The molecule has 0 atom stereocenters. The van der Waals surface area contributed by atoms with Crippen LogP contribution in [0.15, 0.2) is 59.1 Å². The van der Waals surface area contributed by atoms with Gasteiger partial charge in [0, 0.05) is 5.56 Å². The third-order valence-electron chi connectivity index (χ3n) is 4.59. The molecule has 6 heteroatoms. The van der Waals surface area contributed by atoms with E-state index in [0.717, 1.165) is 24.0 Å². The lowest BCUT2D eigenvalue weighted by molar-refractivity contribution is -0.148. The average molecular weight is 350 g/mol. The molecule has 1 aliphatic carbocycles. The average Bonchev–Trinajstić information content (AvgIpc) is 3.38. The molecule has 132 valence electrons. The molecule has 3 aromatic rings. The molecule has 1 aromatic heterocycles. The fourth-order valence-corrected chi connectivity index (χ4v) is 2.95. The minimum absolute atomic E-state index is 0.0373. The molecule has 4 rings (SSSR count). The molecule has 0 bridgehead atoms. The van der Waals surface area contributed by atoms with Gasteiger partial charge in [0.15, 0.2) is 6.61 Å². The Hall–Kier alpha value is -3.15. The number of aromatic nitrogens is 2. The first kappa shape index (κ1) is 16.3. The van der Waals surface area contributed by atoms with E-state index in [0.29, 0.717) is 11.6 Å². The van der Waals surface area contributed by atoms with Gasteiger partial charge in [0.2, 0.25) is 5.82 Å². The molecule has 0 unspecified atom stereocenters. The minimum Gasteiger partial charge on any atom is -0.497 e. The number of hydrogen-bond acceptors (Lipinski definition) is 6. The molecule has 0 aliphatic heterocycles. The van der Waals surface area contributed by atoms with E-state index in [1.54, 1.807) is 7.11 Å². The van der Waals surface area contributed by atoms with Gasteiger partial charge in [-0.2, -0.15) is 4.98 Å². The summed E-state index contributed by atoms with van der Waals surface area (Å²) in [5.74, 6) is 1.16. The lowest BCUT2D eigenvalue weighted by atomic mass is 9.96. The topological polar surface area (TPSA) is 74.5 Å². The standard InChI is InChI=1S/C20H18N2O4/c1-24-16-9-5-6-14(12-16)18-21-17(26-22-18)13-25-19(23)20(10-11-20)15-7-3-2-4-8-15/h2-9,12H,10-11,13H2,1H3. The van der Waals surface area contributed by atoms with E-state index in [1.165, 1.54) is 0 Å². The summed E-state index contributed by atoms with van der Waals surface area (Å²) in [5, 5.41) is 3.94. The summed E-state index contributed by atoms with van der Waals surface area (Å²) in [6.07, 6.45) is 1.60. The molecule has 1 fully saturated rings. The molecule has 1 aliphatic rings. The van der Waals surface area contributed by atoms with Gasteiger partial charge in [-0.05, 0) is 30.5 Å². The number of esters is 1. The summed E-state index contributed by atoms with van der Waals surface area (Å²) in [5.41, 5.74) is 1.25. The smallest absolute Gasteiger partial charge is 0.317 e. The maximum absolute atomic E-state index is 12.5. The van der Waals surface area contributed by atoms with Gasteiger partial charge >= 0.3 is 5.97 Å². The van der Waals surface area contributed by atoms with Gasteiger partial charge in [-0.15, -0.1) is 0 Å². The lowest BCUT2D eigenvalue weighted by Crippen LogP contribution is -2.23. The van der Waals surface area contributed by atoms with Crippen LogP contribution in [0, 0.1) is 0 Å². The van der Waals surface area contributed by atoms with Crippen molar-refractivity contribution < 1.29 is 18.8 Å². The highest BCUT2D eigenvalue weighted by Gasteiger charge is 2.52. The van der Waals surface area contributed by atoms with E-state index in [-0.39, 0.29) is 18.5 Å². The van der Waals surface area contributed by atoms with Gasteiger partial charge in [0.1, 0.15) is 5.75 Å². The molecule has 0 N–H and O–H groups in total. The highest BCUT2D eigenvalue weighted by Crippen LogP contribution is 2.49. The van der Waals surface area contributed by atoms with Gasteiger partial charge in [-0.25, -0.2) is 0 Å². The van der Waals surface area contributed by atoms with Gasteiger partial charge in [-0.3, -0.25) is 4.79 Å². The summed E-state index contributed by atoms with van der Waals surface area (Å²) in [7, 11) is 1.60. The molecular formula is C20H18N2O4. The van der Waals surface area contributed by atoms with Gasteiger partial charge in [0.25, 0.3) is 5.89 Å². The van der Waals surface area contributed by atoms with Crippen LogP contribution < -0.4 is 4.74 Å². The summed E-state index contributed by atoms with van der Waals surface area (Å²) in [4.78, 5) is 16.8. The van der Waals surface area contributed by atoms with E-state index < -0.39 is 5.41 Å². The molecule has 6 nitrogen and oxygen atoms in total. The van der Waals surface area contributed by atoms with Crippen LogP contribution in [-0.4, -0.2) is 23.2 Å². The molecular weight excluding hydrogens is 332 g/mol. The van der Waals surface area contributed by atoms with Crippen molar-refractivity contribution in [2.45, 2.75) is 24.9 Å². The molecule has 0 radical (unpaired) electrons. The monoisotopic (exact) mass is 350 g/mol. The van der Waals surface area contributed by atoms with E-state index in [4.69, 9.17) is 14.0 Å². The van der Waals surface area contributed by atoms with Crippen LogP contribution in [0.1, 0.15) is 24.3 Å². The molecule has 1 heterocycles. The van der Waals surface area contributed by atoms with E-state index in [1.807, 2.05) is 54.6 Å². The fourth-order valence-electron chi connectivity index (χ4n) is 2.95. The Balaban J connectivity index is 1.43. The maximum Gasteiger partial charge on any atom is 0.317 e. The number of carbonyl (C=O) groups is 1. The summed E-state index contributed by atoms with van der Waals surface area (Å²) >= 11 is 0. The van der Waals surface area contributed by atoms with Crippen molar-refractivity contribution >= 4 is 5.97 Å². The van der Waals surface area contributed by atoms with Crippen molar-refractivity contribution in [1.29, 1.82) is 0 Å². The predicted octanol–water partition coefficient (Wildman–Crippen LogP) is 3.52. The number of methoxy groups -OCH3 is 1. The van der Waals surface area contributed by atoms with Crippen molar-refractivity contribution in [1.82, 2.24) is 10.1 Å². The van der Waals surface area contributed by atoms with Gasteiger partial charge in [0.05, 0.1) is 12.5 Å². The second-order valence-corrected chi connectivity index (χ2v) is 6.27. The highest BCUT2D eigenvalue weighted by molar-refractivity contribution is 5.86. The predicted molar refractivity (Wildman–Crippen MR) is 93.4 cm³/mol. The van der Waals surface area contributed by atoms with Crippen LogP contribution in [0.5, 0.6) is 5.75 Å². The summed E-state index contributed by atoms with van der Waals surface area (Å²) in [6.45, 7) is -0.0373. The Labute approximate surface area is 150 Å².